The van der Waals surface area contributed by atoms with Gasteiger partial charge < -0.3 is 14.8 Å². The summed E-state index contributed by atoms with van der Waals surface area (Å²) in [5.41, 5.74) is 0.796. The van der Waals surface area contributed by atoms with E-state index < -0.39 is 0 Å². The molecule has 1 N–H and O–H groups in total. The van der Waals surface area contributed by atoms with E-state index in [4.69, 9.17) is 9.47 Å². The molecular formula is C14H20FNO2. The molecule has 1 heterocycles. The van der Waals surface area contributed by atoms with E-state index in [0.717, 1.165) is 5.56 Å². The quantitative estimate of drug-likeness (QED) is 0.879. The van der Waals surface area contributed by atoms with Crippen LogP contribution in [0.1, 0.15) is 32.4 Å². The van der Waals surface area contributed by atoms with Crippen LogP contribution in [-0.4, -0.2) is 25.3 Å². The summed E-state index contributed by atoms with van der Waals surface area (Å²) in [4.78, 5) is 0. The van der Waals surface area contributed by atoms with Crippen molar-refractivity contribution >= 4 is 0 Å². The standard InChI is InChI=1S/C14H20FNO2/c1-9-13(18-8-14(2,3)16-9)10-5-6-12(17-4)11(15)7-10/h5-7,9,13,16H,8H2,1-4H3. The summed E-state index contributed by atoms with van der Waals surface area (Å²) in [6, 6.07) is 5.12. The minimum atomic E-state index is -0.351. The fourth-order valence-corrected chi connectivity index (χ4v) is 2.42. The summed E-state index contributed by atoms with van der Waals surface area (Å²) in [5.74, 6) is -0.0915. The highest BCUT2D eigenvalue weighted by molar-refractivity contribution is 5.31. The molecule has 0 aromatic heterocycles. The van der Waals surface area contributed by atoms with Gasteiger partial charge in [0.15, 0.2) is 11.6 Å². The zero-order valence-electron chi connectivity index (χ0n) is 11.3. The Morgan fingerprint density at radius 1 is 1.44 bits per heavy atom. The number of nitrogens with one attached hydrogen (secondary N) is 1. The summed E-state index contributed by atoms with van der Waals surface area (Å²) < 4.78 is 24.4. The smallest absolute Gasteiger partial charge is 0.165 e. The lowest BCUT2D eigenvalue weighted by Gasteiger charge is -2.41. The SMILES string of the molecule is COc1ccc(C2OCC(C)(C)NC2C)cc1F. The van der Waals surface area contributed by atoms with Crippen LogP contribution in [0.4, 0.5) is 4.39 Å². The van der Waals surface area contributed by atoms with Crippen molar-refractivity contribution in [2.45, 2.75) is 38.5 Å². The molecule has 0 radical (unpaired) electrons. The highest BCUT2D eigenvalue weighted by Gasteiger charge is 2.33. The number of halogens is 1. The molecule has 1 aliphatic heterocycles. The van der Waals surface area contributed by atoms with Crippen LogP contribution in [0.5, 0.6) is 5.75 Å². The molecule has 18 heavy (non-hydrogen) atoms. The fraction of sp³-hybridized carbons (Fsp3) is 0.571. The van der Waals surface area contributed by atoms with Gasteiger partial charge in [-0.05, 0) is 38.5 Å². The maximum absolute atomic E-state index is 13.7. The Balaban J connectivity index is 2.20. The van der Waals surface area contributed by atoms with Gasteiger partial charge in [0, 0.05) is 11.6 Å². The molecule has 2 rings (SSSR count). The number of benzene rings is 1. The largest absolute Gasteiger partial charge is 0.494 e. The molecule has 0 bridgehead atoms. The minimum Gasteiger partial charge on any atom is -0.494 e. The van der Waals surface area contributed by atoms with Gasteiger partial charge in [-0.3, -0.25) is 0 Å². The van der Waals surface area contributed by atoms with Crippen LogP contribution in [0.3, 0.4) is 0 Å². The normalized spacial score (nSPS) is 26.9. The van der Waals surface area contributed by atoms with E-state index >= 15 is 0 Å². The summed E-state index contributed by atoms with van der Waals surface area (Å²) in [7, 11) is 1.46. The van der Waals surface area contributed by atoms with E-state index in [1.54, 1.807) is 6.07 Å². The Labute approximate surface area is 107 Å². The van der Waals surface area contributed by atoms with E-state index in [1.807, 2.05) is 13.0 Å². The molecule has 1 aromatic rings. The average Bonchev–Trinajstić information content (AvgIpc) is 2.27. The van der Waals surface area contributed by atoms with Crippen molar-refractivity contribution < 1.29 is 13.9 Å². The third-order valence-corrected chi connectivity index (χ3v) is 3.20. The zero-order chi connectivity index (χ0) is 13.3. The van der Waals surface area contributed by atoms with Gasteiger partial charge in [0.2, 0.25) is 0 Å². The molecule has 1 saturated heterocycles. The fourth-order valence-electron chi connectivity index (χ4n) is 2.42. The summed E-state index contributed by atoms with van der Waals surface area (Å²) in [5, 5.41) is 3.47. The van der Waals surface area contributed by atoms with Gasteiger partial charge in [-0.25, -0.2) is 4.39 Å². The van der Waals surface area contributed by atoms with Crippen molar-refractivity contribution in [2.75, 3.05) is 13.7 Å². The van der Waals surface area contributed by atoms with Gasteiger partial charge in [-0.2, -0.15) is 0 Å². The second-order valence-corrected chi connectivity index (χ2v) is 5.44. The van der Waals surface area contributed by atoms with Crippen molar-refractivity contribution in [3.63, 3.8) is 0 Å². The first-order valence-corrected chi connectivity index (χ1v) is 6.16. The van der Waals surface area contributed by atoms with Crippen LogP contribution in [0.25, 0.3) is 0 Å². The van der Waals surface area contributed by atoms with E-state index in [2.05, 4.69) is 19.2 Å². The second-order valence-electron chi connectivity index (χ2n) is 5.44. The van der Waals surface area contributed by atoms with Crippen LogP contribution in [-0.2, 0) is 4.74 Å². The molecule has 1 aromatic carbocycles. The summed E-state index contributed by atoms with van der Waals surface area (Å²) >= 11 is 0. The Morgan fingerprint density at radius 3 is 2.72 bits per heavy atom. The lowest BCUT2D eigenvalue weighted by Crippen LogP contribution is -2.55. The Bertz CT molecular complexity index is 434. The molecule has 2 atom stereocenters. The third kappa shape index (κ3) is 2.65. The lowest BCUT2D eigenvalue weighted by molar-refractivity contribution is -0.0497. The van der Waals surface area contributed by atoms with Crippen molar-refractivity contribution in [3.8, 4) is 5.75 Å². The minimum absolute atomic E-state index is 0.0407. The van der Waals surface area contributed by atoms with Crippen LogP contribution < -0.4 is 10.1 Å². The first-order valence-electron chi connectivity index (χ1n) is 6.16. The first kappa shape index (κ1) is 13.3. The molecule has 1 fully saturated rings. The van der Waals surface area contributed by atoms with E-state index in [-0.39, 0.29) is 29.3 Å². The van der Waals surface area contributed by atoms with Gasteiger partial charge in [0.1, 0.15) is 0 Å². The number of rotatable bonds is 2. The maximum Gasteiger partial charge on any atom is 0.165 e. The maximum atomic E-state index is 13.7. The topological polar surface area (TPSA) is 30.5 Å². The number of methoxy groups -OCH3 is 1. The van der Waals surface area contributed by atoms with Gasteiger partial charge in [-0.1, -0.05) is 6.07 Å². The van der Waals surface area contributed by atoms with Crippen molar-refractivity contribution in [2.24, 2.45) is 0 Å². The molecule has 0 aliphatic carbocycles. The molecular weight excluding hydrogens is 233 g/mol. The lowest BCUT2D eigenvalue weighted by atomic mass is 9.96. The Morgan fingerprint density at radius 2 is 2.17 bits per heavy atom. The van der Waals surface area contributed by atoms with Crippen molar-refractivity contribution in [1.29, 1.82) is 0 Å². The van der Waals surface area contributed by atoms with Crippen LogP contribution in [0, 0.1) is 5.82 Å². The molecule has 0 spiro atoms. The predicted molar refractivity (Wildman–Crippen MR) is 68.3 cm³/mol. The number of morpholine rings is 1. The first-order chi connectivity index (χ1) is 8.43. The summed E-state index contributed by atoms with van der Waals surface area (Å²) in [6.07, 6.45) is -0.126. The molecule has 3 nitrogen and oxygen atoms in total. The molecule has 1 aliphatic rings. The van der Waals surface area contributed by atoms with Gasteiger partial charge >= 0.3 is 0 Å². The highest BCUT2D eigenvalue weighted by Crippen LogP contribution is 2.30. The number of hydrogen-bond donors (Lipinski definition) is 1. The number of ether oxygens (including phenoxy) is 2. The van der Waals surface area contributed by atoms with Crippen LogP contribution >= 0.6 is 0 Å². The monoisotopic (exact) mass is 253 g/mol. The average molecular weight is 253 g/mol. The second kappa shape index (κ2) is 4.86. The zero-order valence-corrected chi connectivity index (χ0v) is 11.3. The predicted octanol–water partition coefficient (Wildman–Crippen LogP) is 2.66. The van der Waals surface area contributed by atoms with Crippen molar-refractivity contribution in [1.82, 2.24) is 5.32 Å². The van der Waals surface area contributed by atoms with Gasteiger partial charge in [0.05, 0.1) is 19.8 Å². The molecule has 4 heteroatoms. The van der Waals surface area contributed by atoms with Gasteiger partial charge in [0.25, 0.3) is 0 Å². The van der Waals surface area contributed by atoms with Crippen LogP contribution in [0.2, 0.25) is 0 Å². The van der Waals surface area contributed by atoms with Gasteiger partial charge in [-0.15, -0.1) is 0 Å². The summed E-state index contributed by atoms with van der Waals surface area (Å²) in [6.45, 7) is 6.84. The highest BCUT2D eigenvalue weighted by atomic mass is 19.1. The van der Waals surface area contributed by atoms with Crippen molar-refractivity contribution in [3.05, 3.63) is 29.6 Å². The van der Waals surface area contributed by atoms with E-state index in [1.165, 1.54) is 13.2 Å². The Hall–Kier alpha value is -1.13. The van der Waals surface area contributed by atoms with E-state index in [9.17, 15) is 4.39 Å². The van der Waals surface area contributed by atoms with E-state index in [0.29, 0.717) is 6.61 Å². The molecule has 0 saturated carbocycles. The molecule has 2 unspecified atom stereocenters. The molecule has 100 valence electrons. The Kier molecular flexibility index (Phi) is 3.59. The third-order valence-electron chi connectivity index (χ3n) is 3.20. The van der Waals surface area contributed by atoms with Crippen LogP contribution in [0.15, 0.2) is 18.2 Å². The number of hydrogen-bond acceptors (Lipinski definition) is 3. The molecule has 0 amide bonds.